The molecule has 2 heterocycles. The van der Waals surface area contributed by atoms with Crippen LogP contribution in [0.3, 0.4) is 0 Å². The first-order valence-electron chi connectivity index (χ1n) is 8.18. The zero-order valence-corrected chi connectivity index (χ0v) is 14.0. The summed E-state index contributed by atoms with van der Waals surface area (Å²) in [6.45, 7) is 0. The summed E-state index contributed by atoms with van der Waals surface area (Å²) >= 11 is 5.71. The summed E-state index contributed by atoms with van der Waals surface area (Å²) in [5, 5.41) is 12.6. The topological polar surface area (TPSA) is 40.8 Å². The van der Waals surface area contributed by atoms with Crippen LogP contribution in [0.25, 0.3) is 11.3 Å². The number of nitrogens with zero attached hydrogens (tertiary/aromatic N) is 2. The molecule has 1 saturated carbocycles. The van der Waals surface area contributed by atoms with Crippen LogP contribution in [0.5, 0.6) is 0 Å². The monoisotopic (exact) mass is 361 g/mol. The van der Waals surface area contributed by atoms with E-state index in [1.165, 1.54) is 24.8 Å². The van der Waals surface area contributed by atoms with Crippen LogP contribution in [-0.2, 0) is 12.5 Å². The van der Waals surface area contributed by atoms with Crippen LogP contribution in [-0.4, -0.2) is 60.9 Å². The molecule has 0 unspecified atom stereocenters. The molecule has 2 aliphatic rings. The van der Waals surface area contributed by atoms with Crippen molar-refractivity contribution in [2.75, 3.05) is 5.32 Å². The van der Waals surface area contributed by atoms with Gasteiger partial charge in [0, 0.05) is 23.8 Å². The van der Waals surface area contributed by atoms with Crippen molar-refractivity contribution in [3.63, 3.8) is 0 Å². The van der Waals surface area contributed by atoms with E-state index in [0.717, 1.165) is 34.8 Å². The van der Waals surface area contributed by atoms with E-state index < -0.39 is 0 Å². The molecule has 1 fully saturated rings. The molecule has 118 valence electrons. The number of fused-ring (bicyclic) bond motifs is 2. The van der Waals surface area contributed by atoms with Gasteiger partial charge in [-0.15, -0.1) is 0 Å². The second-order valence-corrected chi connectivity index (χ2v) is 7.04. The number of rotatable bonds is 1. The first-order chi connectivity index (χ1) is 11.2. The zero-order valence-electron chi connectivity index (χ0n) is 13.2. The molecular formula is C19H20KN3S. The molecule has 1 aliphatic heterocycles. The van der Waals surface area contributed by atoms with Crippen molar-refractivity contribution in [2.24, 2.45) is 7.05 Å². The molecule has 1 spiro atoms. The van der Waals surface area contributed by atoms with Crippen LogP contribution in [0.2, 0.25) is 0 Å². The van der Waals surface area contributed by atoms with E-state index in [0.29, 0.717) is 5.69 Å². The maximum absolute atomic E-state index is 9.17. The average Bonchev–Trinajstić information content (AvgIpc) is 3.07. The Morgan fingerprint density at radius 2 is 1.92 bits per heavy atom. The number of hydrogen-bond acceptors (Lipinski definition) is 2. The van der Waals surface area contributed by atoms with Crippen LogP contribution in [0, 0.1) is 11.3 Å². The molecular weight excluding hydrogens is 341 g/mol. The number of anilines is 1. The number of thiocarbonyl (C=S) groups is 1. The van der Waals surface area contributed by atoms with E-state index >= 15 is 0 Å². The van der Waals surface area contributed by atoms with Gasteiger partial charge in [-0.25, -0.2) is 0 Å². The van der Waals surface area contributed by atoms with Crippen molar-refractivity contribution in [1.82, 2.24) is 4.57 Å². The quantitative estimate of drug-likeness (QED) is 0.619. The van der Waals surface area contributed by atoms with E-state index in [-0.39, 0.29) is 56.8 Å². The number of benzene rings is 1. The van der Waals surface area contributed by atoms with Gasteiger partial charge in [0.25, 0.3) is 0 Å². The molecule has 0 amide bonds. The third-order valence-corrected chi connectivity index (χ3v) is 5.95. The van der Waals surface area contributed by atoms with Gasteiger partial charge in [-0.1, -0.05) is 37.5 Å². The Kier molecular flexibility index (Phi) is 5.36. The fourth-order valence-electron chi connectivity index (χ4n) is 4.14. The zero-order chi connectivity index (χ0) is 16.0. The first-order valence-corrected chi connectivity index (χ1v) is 8.59. The van der Waals surface area contributed by atoms with Gasteiger partial charge in [-0.2, -0.15) is 5.26 Å². The van der Waals surface area contributed by atoms with Crippen molar-refractivity contribution >= 4 is 74.3 Å². The van der Waals surface area contributed by atoms with Gasteiger partial charge < -0.3 is 9.88 Å². The maximum atomic E-state index is 9.17. The van der Waals surface area contributed by atoms with E-state index in [9.17, 15) is 0 Å². The van der Waals surface area contributed by atoms with Gasteiger partial charge in [0.2, 0.25) is 0 Å². The van der Waals surface area contributed by atoms with E-state index in [2.05, 4.69) is 29.6 Å². The normalized spacial score (nSPS) is 17.8. The number of nitrogens with one attached hydrogen (secondary N) is 1. The fourth-order valence-corrected chi connectivity index (χ4v) is 4.56. The third kappa shape index (κ3) is 2.74. The Hall–Kier alpha value is -0.484. The van der Waals surface area contributed by atoms with Gasteiger partial charge in [0.15, 0.2) is 0 Å². The summed E-state index contributed by atoms with van der Waals surface area (Å²) in [6, 6.07) is 12.7. The van der Waals surface area contributed by atoms with E-state index in [1.807, 2.05) is 23.7 Å². The summed E-state index contributed by atoms with van der Waals surface area (Å²) in [6.07, 6.45) is 6.09. The van der Waals surface area contributed by atoms with Crippen molar-refractivity contribution in [3.8, 4) is 17.3 Å². The summed E-state index contributed by atoms with van der Waals surface area (Å²) in [7, 11) is 1.94. The molecule has 1 aromatic carbocycles. The SMILES string of the molecule is Cn1c(C#N)ccc1-c1ccc2c(c1)C1(CCCCC1)C(=S)N2.[KH]. The van der Waals surface area contributed by atoms with Crippen molar-refractivity contribution in [1.29, 1.82) is 5.26 Å². The predicted octanol–water partition coefficient (Wildman–Crippen LogP) is 3.87. The van der Waals surface area contributed by atoms with Crippen LogP contribution in [0.4, 0.5) is 5.69 Å². The summed E-state index contributed by atoms with van der Waals surface area (Å²) in [5.74, 6) is 0. The minimum absolute atomic E-state index is 0. The molecule has 1 N–H and O–H groups in total. The Labute approximate surface area is 190 Å². The summed E-state index contributed by atoms with van der Waals surface area (Å²) in [5.41, 5.74) is 5.45. The number of hydrogen-bond donors (Lipinski definition) is 1. The van der Waals surface area contributed by atoms with Gasteiger partial charge in [0.05, 0.1) is 4.99 Å². The molecule has 0 bridgehead atoms. The molecule has 2 aromatic rings. The molecule has 3 nitrogen and oxygen atoms in total. The minimum atomic E-state index is 0. The molecule has 1 aromatic heterocycles. The molecule has 24 heavy (non-hydrogen) atoms. The molecule has 0 radical (unpaired) electrons. The van der Waals surface area contributed by atoms with Gasteiger partial charge >= 0.3 is 51.4 Å². The molecule has 0 saturated heterocycles. The van der Waals surface area contributed by atoms with Gasteiger partial charge in [0.1, 0.15) is 11.8 Å². The van der Waals surface area contributed by atoms with Crippen LogP contribution in [0.1, 0.15) is 43.4 Å². The Balaban J connectivity index is 0.00000169. The second kappa shape index (κ2) is 7.03. The van der Waals surface area contributed by atoms with Gasteiger partial charge in [-0.05, 0) is 48.2 Å². The Morgan fingerprint density at radius 1 is 1.17 bits per heavy atom. The third-order valence-electron chi connectivity index (χ3n) is 5.46. The van der Waals surface area contributed by atoms with Crippen LogP contribution >= 0.6 is 12.2 Å². The summed E-state index contributed by atoms with van der Waals surface area (Å²) in [4.78, 5) is 0.994. The van der Waals surface area contributed by atoms with Crippen molar-refractivity contribution in [3.05, 3.63) is 41.6 Å². The number of aromatic nitrogens is 1. The average molecular weight is 362 g/mol. The second-order valence-electron chi connectivity index (χ2n) is 6.63. The van der Waals surface area contributed by atoms with Crippen LogP contribution in [0.15, 0.2) is 30.3 Å². The van der Waals surface area contributed by atoms with Crippen molar-refractivity contribution < 1.29 is 0 Å². The van der Waals surface area contributed by atoms with Crippen LogP contribution < -0.4 is 5.32 Å². The van der Waals surface area contributed by atoms with Crippen molar-refractivity contribution in [2.45, 2.75) is 37.5 Å². The molecule has 4 rings (SSSR count). The molecule has 5 heteroatoms. The van der Waals surface area contributed by atoms with E-state index in [1.54, 1.807) is 0 Å². The standard InChI is InChI=1S/C19H19N3S.K.H/c1-22-14(12-20)6-8-17(22)13-5-7-16-15(11-13)19(18(23)21-16)9-3-2-4-10-19;;/h5-8,11H,2-4,9-10H2,1H3,(H,21,23);;. The first kappa shape index (κ1) is 18.3. The molecule has 0 atom stereocenters. The Morgan fingerprint density at radius 3 is 2.58 bits per heavy atom. The van der Waals surface area contributed by atoms with Gasteiger partial charge in [-0.3, -0.25) is 0 Å². The summed E-state index contributed by atoms with van der Waals surface area (Å²) < 4.78 is 1.95. The molecule has 1 aliphatic carbocycles. The van der Waals surface area contributed by atoms with E-state index in [4.69, 9.17) is 17.5 Å². The fraction of sp³-hybridized carbons (Fsp3) is 0.368. The Bertz CT molecular complexity index is 841. The number of nitriles is 1. The predicted molar refractivity (Wildman–Crippen MR) is 104 cm³/mol.